The summed E-state index contributed by atoms with van der Waals surface area (Å²) in [4.78, 5) is 11.0. The maximum absolute atomic E-state index is 11.0. The van der Waals surface area contributed by atoms with Crippen LogP contribution in [-0.2, 0) is 11.2 Å². The second-order valence-corrected chi connectivity index (χ2v) is 4.05. The molecular formula is C12H17NO3S. The smallest absolute Gasteiger partial charge is 0.321 e. The van der Waals surface area contributed by atoms with Crippen molar-refractivity contribution in [3.63, 3.8) is 0 Å². The van der Waals surface area contributed by atoms with E-state index < -0.39 is 12.0 Å². The van der Waals surface area contributed by atoms with Crippen molar-refractivity contribution in [2.75, 3.05) is 12.8 Å². The summed E-state index contributed by atoms with van der Waals surface area (Å²) in [7, 11) is 0. The predicted octanol–water partition coefficient (Wildman–Crippen LogP) is 1.95. The quantitative estimate of drug-likeness (QED) is 0.729. The van der Waals surface area contributed by atoms with Crippen LogP contribution in [0.5, 0.6) is 5.75 Å². The summed E-state index contributed by atoms with van der Waals surface area (Å²) < 4.78 is 5.25. The largest absolute Gasteiger partial charge is 0.480 e. The van der Waals surface area contributed by atoms with Gasteiger partial charge in [-0.3, -0.25) is 4.79 Å². The minimum absolute atomic E-state index is 0.475. The number of likely N-dealkylation sites (N-methyl/N-ethyl adjacent to an activating group) is 1. The molecule has 0 fully saturated rings. The second kappa shape index (κ2) is 7.19. The van der Waals surface area contributed by atoms with Crippen LogP contribution in [0.25, 0.3) is 0 Å². The number of benzene rings is 1. The zero-order chi connectivity index (χ0) is 12.7. The lowest BCUT2D eigenvalue weighted by Crippen LogP contribution is -2.38. The first-order valence-electron chi connectivity index (χ1n) is 5.43. The highest BCUT2D eigenvalue weighted by Crippen LogP contribution is 2.16. The van der Waals surface area contributed by atoms with Gasteiger partial charge in [0.1, 0.15) is 11.8 Å². The fourth-order valence-electron chi connectivity index (χ4n) is 1.51. The Labute approximate surface area is 106 Å². The summed E-state index contributed by atoms with van der Waals surface area (Å²) in [5.74, 6) is -0.0483. The lowest BCUT2D eigenvalue weighted by molar-refractivity contribution is -0.139. The number of carbonyl (C=O) groups is 1. The maximum Gasteiger partial charge on any atom is 0.321 e. The minimum atomic E-state index is -0.823. The SMILES string of the molecule is CCN[C@@H](Cc1ccc(OSC)cc1)C(=O)O. The summed E-state index contributed by atoms with van der Waals surface area (Å²) in [6, 6.07) is 6.93. The van der Waals surface area contributed by atoms with E-state index in [1.807, 2.05) is 37.4 Å². The molecule has 4 nitrogen and oxygen atoms in total. The van der Waals surface area contributed by atoms with E-state index in [-0.39, 0.29) is 0 Å². The molecule has 0 bridgehead atoms. The molecule has 0 aromatic heterocycles. The van der Waals surface area contributed by atoms with Crippen LogP contribution in [-0.4, -0.2) is 29.9 Å². The van der Waals surface area contributed by atoms with Crippen molar-refractivity contribution in [2.45, 2.75) is 19.4 Å². The van der Waals surface area contributed by atoms with Crippen molar-refractivity contribution < 1.29 is 14.1 Å². The molecule has 5 heteroatoms. The highest BCUT2D eigenvalue weighted by atomic mass is 32.2. The maximum atomic E-state index is 11.0. The van der Waals surface area contributed by atoms with E-state index in [1.54, 1.807) is 0 Å². The molecule has 0 aliphatic rings. The topological polar surface area (TPSA) is 58.6 Å². The molecule has 0 heterocycles. The summed E-state index contributed by atoms with van der Waals surface area (Å²) in [5.41, 5.74) is 0.979. The molecule has 0 saturated heterocycles. The van der Waals surface area contributed by atoms with Crippen LogP contribution in [0.3, 0.4) is 0 Å². The van der Waals surface area contributed by atoms with Gasteiger partial charge in [-0.05, 0) is 30.7 Å². The monoisotopic (exact) mass is 255 g/mol. The van der Waals surface area contributed by atoms with Gasteiger partial charge in [-0.15, -0.1) is 0 Å². The van der Waals surface area contributed by atoms with Gasteiger partial charge in [-0.2, -0.15) is 0 Å². The van der Waals surface area contributed by atoms with Gasteiger partial charge >= 0.3 is 5.97 Å². The molecule has 0 saturated carbocycles. The van der Waals surface area contributed by atoms with E-state index in [2.05, 4.69) is 5.32 Å². The van der Waals surface area contributed by atoms with Gasteiger partial charge in [0.25, 0.3) is 0 Å². The van der Waals surface area contributed by atoms with Gasteiger partial charge in [-0.1, -0.05) is 19.1 Å². The molecule has 0 amide bonds. The molecule has 1 aromatic rings. The lowest BCUT2D eigenvalue weighted by atomic mass is 10.1. The molecule has 0 unspecified atom stereocenters. The normalized spacial score (nSPS) is 12.1. The second-order valence-electron chi connectivity index (χ2n) is 3.55. The Bertz CT molecular complexity index is 353. The van der Waals surface area contributed by atoms with E-state index >= 15 is 0 Å². The highest BCUT2D eigenvalue weighted by Gasteiger charge is 2.16. The number of nitrogens with one attached hydrogen (secondary N) is 1. The summed E-state index contributed by atoms with van der Waals surface area (Å²) in [6.45, 7) is 2.54. The fraction of sp³-hybridized carbons (Fsp3) is 0.417. The first-order valence-corrected chi connectivity index (χ1v) is 6.58. The van der Waals surface area contributed by atoms with Gasteiger partial charge in [0.2, 0.25) is 0 Å². The number of hydrogen-bond acceptors (Lipinski definition) is 4. The third-order valence-corrected chi connectivity index (χ3v) is 2.65. The Hall–Kier alpha value is -1.20. The van der Waals surface area contributed by atoms with Crippen molar-refractivity contribution in [3.8, 4) is 5.75 Å². The average Bonchev–Trinajstić information content (AvgIpc) is 2.31. The van der Waals surface area contributed by atoms with Crippen LogP contribution in [0.4, 0.5) is 0 Å². The molecule has 1 aromatic carbocycles. The highest BCUT2D eigenvalue weighted by molar-refractivity contribution is 7.94. The van der Waals surface area contributed by atoms with E-state index in [0.717, 1.165) is 11.3 Å². The molecule has 0 radical (unpaired) electrons. The predicted molar refractivity (Wildman–Crippen MR) is 69.4 cm³/mol. The van der Waals surface area contributed by atoms with Gasteiger partial charge in [0.15, 0.2) is 0 Å². The van der Waals surface area contributed by atoms with Crippen molar-refractivity contribution in [3.05, 3.63) is 29.8 Å². The van der Waals surface area contributed by atoms with Crippen molar-refractivity contribution in [2.24, 2.45) is 0 Å². The standard InChI is InChI=1S/C12H17NO3S/c1-3-13-11(12(14)15)8-9-4-6-10(7-5-9)16-17-2/h4-7,11,13H,3,8H2,1-2H3,(H,14,15)/t11-/m0/s1. The van der Waals surface area contributed by atoms with Crippen molar-refractivity contribution >= 4 is 18.0 Å². The van der Waals surface area contributed by atoms with E-state index in [1.165, 1.54) is 12.0 Å². The molecule has 2 N–H and O–H groups in total. The Morgan fingerprint density at radius 2 is 2.12 bits per heavy atom. The average molecular weight is 255 g/mol. The summed E-state index contributed by atoms with van der Waals surface area (Å²) in [6.07, 6.45) is 2.32. The van der Waals surface area contributed by atoms with Crippen LogP contribution in [0.15, 0.2) is 24.3 Å². The summed E-state index contributed by atoms with van der Waals surface area (Å²) in [5, 5.41) is 11.9. The van der Waals surface area contributed by atoms with Crippen LogP contribution in [0.2, 0.25) is 0 Å². The number of hydrogen-bond donors (Lipinski definition) is 2. The Morgan fingerprint density at radius 1 is 1.47 bits per heavy atom. The molecule has 0 spiro atoms. The van der Waals surface area contributed by atoms with E-state index in [0.29, 0.717) is 13.0 Å². The molecule has 0 aliphatic heterocycles. The zero-order valence-corrected chi connectivity index (χ0v) is 10.8. The van der Waals surface area contributed by atoms with Crippen LogP contribution in [0, 0.1) is 0 Å². The first-order chi connectivity index (χ1) is 8.17. The molecule has 1 rings (SSSR count). The zero-order valence-electron chi connectivity index (χ0n) is 9.97. The molecule has 94 valence electrons. The Morgan fingerprint density at radius 3 is 2.59 bits per heavy atom. The Kier molecular flexibility index (Phi) is 5.86. The van der Waals surface area contributed by atoms with Crippen LogP contribution in [0.1, 0.15) is 12.5 Å². The van der Waals surface area contributed by atoms with Gasteiger partial charge in [0.05, 0.1) is 12.0 Å². The minimum Gasteiger partial charge on any atom is -0.480 e. The van der Waals surface area contributed by atoms with Crippen molar-refractivity contribution in [1.82, 2.24) is 5.32 Å². The summed E-state index contributed by atoms with van der Waals surface area (Å²) >= 11 is 1.28. The molecule has 17 heavy (non-hydrogen) atoms. The van der Waals surface area contributed by atoms with E-state index in [9.17, 15) is 4.79 Å². The van der Waals surface area contributed by atoms with E-state index in [4.69, 9.17) is 9.29 Å². The molecule has 0 aliphatic carbocycles. The third kappa shape index (κ3) is 4.66. The lowest BCUT2D eigenvalue weighted by Gasteiger charge is -2.13. The van der Waals surface area contributed by atoms with Crippen LogP contribution >= 0.6 is 12.0 Å². The number of carboxylic acid groups (broad SMARTS) is 1. The van der Waals surface area contributed by atoms with Crippen LogP contribution < -0.4 is 9.50 Å². The fourth-order valence-corrected chi connectivity index (χ4v) is 1.81. The Balaban J connectivity index is 2.63. The first kappa shape index (κ1) is 13.9. The molecular weight excluding hydrogens is 238 g/mol. The van der Waals surface area contributed by atoms with Crippen molar-refractivity contribution in [1.29, 1.82) is 0 Å². The number of aliphatic carboxylic acids is 1. The van der Waals surface area contributed by atoms with Gasteiger partial charge in [0, 0.05) is 6.26 Å². The molecule has 1 atom stereocenters. The number of carboxylic acids is 1. The third-order valence-electron chi connectivity index (χ3n) is 2.29. The number of rotatable bonds is 7. The van der Waals surface area contributed by atoms with Gasteiger partial charge < -0.3 is 14.6 Å². The van der Waals surface area contributed by atoms with Gasteiger partial charge in [-0.25, -0.2) is 0 Å².